The molecule has 3 aromatic carbocycles. The maximum Gasteiger partial charge on any atom is 0.261 e. The van der Waals surface area contributed by atoms with Gasteiger partial charge in [0.25, 0.3) is 10.0 Å². The summed E-state index contributed by atoms with van der Waals surface area (Å²) in [5.41, 5.74) is 5.26. The van der Waals surface area contributed by atoms with Crippen LogP contribution in [0.5, 0.6) is 11.5 Å². The summed E-state index contributed by atoms with van der Waals surface area (Å²) in [4.78, 5) is 0.128. The Bertz CT molecular complexity index is 1440. The summed E-state index contributed by atoms with van der Waals surface area (Å²) in [5, 5.41) is 12.1. The highest BCUT2D eigenvalue weighted by Gasteiger charge is 2.22. The Labute approximate surface area is 188 Å². The fourth-order valence-electron chi connectivity index (χ4n) is 3.96. The first-order chi connectivity index (χ1) is 15.2. The van der Waals surface area contributed by atoms with Crippen molar-refractivity contribution in [1.82, 2.24) is 4.57 Å². The van der Waals surface area contributed by atoms with Crippen LogP contribution >= 0.6 is 0 Å². The molecule has 4 aromatic rings. The van der Waals surface area contributed by atoms with E-state index in [0.29, 0.717) is 28.3 Å². The number of sulfonamides is 1. The molecule has 32 heavy (non-hydrogen) atoms. The number of hydrogen-bond donors (Lipinski definition) is 2. The Morgan fingerprint density at radius 1 is 0.906 bits per heavy atom. The van der Waals surface area contributed by atoms with Gasteiger partial charge in [0, 0.05) is 11.1 Å². The number of phenols is 1. The number of aromatic hydroxyl groups is 1. The first-order valence-corrected chi connectivity index (χ1v) is 11.7. The molecule has 2 N–H and O–H groups in total. The zero-order valence-electron chi connectivity index (χ0n) is 18.7. The minimum atomic E-state index is -3.83. The molecule has 0 unspecified atom stereocenters. The van der Waals surface area contributed by atoms with Gasteiger partial charge in [-0.3, -0.25) is 4.72 Å². The van der Waals surface area contributed by atoms with Crippen molar-refractivity contribution in [2.24, 2.45) is 0 Å². The Morgan fingerprint density at radius 3 is 2.22 bits per heavy atom. The van der Waals surface area contributed by atoms with E-state index in [1.165, 1.54) is 19.2 Å². The van der Waals surface area contributed by atoms with Gasteiger partial charge in [0.15, 0.2) is 0 Å². The fourth-order valence-corrected chi connectivity index (χ4v) is 5.07. The number of anilines is 1. The molecule has 0 saturated carbocycles. The monoisotopic (exact) mass is 450 g/mol. The molecule has 0 bridgehead atoms. The largest absolute Gasteiger partial charge is 0.505 e. The molecule has 0 aliphatic carbocycles. The second kappa shape index (κ2) is 7.91. The van der Waals surface area contributed by atoms with Gasteiger partial charge in [-0.15, -0.1) is 0 Å². The van der Waals surface area contributed by atoms with Gasteiger partial charge < -0.3 is 14.4 Å². The summed E-state index contributed by atoms with van der Waals surface area (Å²) >= 11 is 0. The predicted octanol–water partition coefficient (Wildman–Crippen LogP) is 5.38. The molecule has 0 aliphatic rings. The average Bonchev–Trinajstić information content (AvgIpc) is 3.04. The van der Waals surface area contributed by atoms with Crippen LogP contribution < -0.4 is 9.46 Å². The highest BCUT2D eigenvalue weighted by molar-refractivity contribution is 7.92. The van der Waals surface area contributed by atoms with Crippen LogP contribution in [0.2, 0.25) is 0 Å². The lowest BCUT2D eigenvalue weighted by molar-refractivity contribution is 0.414. The third kappa shape index (κ3) is 3.48. The highest BCUT2D eigenvalue weighted by Crippen LogP contribution is 2.38. The number of hydrogen-bond acceptors (Lipinski definition) is 4. The molecule has 0 spiro atoms. The van der Waals surface area contributed by atoms with E-state index < -0.39 is 10.0 Å². The van der Waals surface area contributed by atoms with Crippen LogP contribution in [0.1, 0.15) is 22.4 Å². The zero-order valence-corrected chi connectivity index (χ0v) is 19.5. The van der Waals surface area contributed by atoms with E-state index in [9.17, 15) is 13.5 Å². The third-order valence-electron chi connectivity index (χ3n) is 6.13. The molecule has 0 aliphatic heterocycles. The molecule has 0 saturated heterocycles. The van der Waals surface area contributed by atoms with Crippen molar-refractivity contribution in [2.75, 3.05) is 11.8 Å². The number of methoxy groups -OCH3 is 1. The van der Waals surface area contributed by atoms with E-state index in [0.717, 1.165) is 22.2 Å². The van der Waals surface area contributed by atoms with E-state index in [-0.39, 0.29) is 10.6 Å². The number of benzene rings is 3. The van der Waals surface area contributed by atoms with E-state index in [4.69, 9.17) is 4.74 Å². The van der Waals surface area contributed by atoms with Crippen molar-refractivity contribution in [3.8, 4) is 17.2 Å². The summed E-state index contributed by atoms with van der Waals surface area (Å²) in [7, 11) is -2.30. The molecular formula is C25H26N2O4S. The number of aromatic nitrogens is 1. The van der Waals surface area contributed by atoms with Crippen LogP contribution in [-0.4, -0.2) is 25.2 Å². The van der Waals surface area contributed by atoms with E-state index >= 15 is 0 Å². The first-order valence-electron chi connectivity index (χ1n) is 10.2. The number of fused-ring (bicyclic) bond motifs is 1. The minimum absolute atomic E-state index is 0.124. The van der Waals surface area contributed by atoms with Crippen LogP contribution in [0.15, 0.2) is 59.5 Å². The second-order valence-electron chi connectivity index (χ2n) is 7.89. The summed E-state index contributed by atoms with van der Waals surface area (Å²) in [6.07, 6.45) is 0. The van der Waals surface area contributed by atoms with E-state index in [2.05, 4.69) is 4.72 Å². The number of rotatable bonds is 5. The van der Waals surface area contributed by atoms with Gasteiger partial charge in [0.2, 0.25) is 0 Å². The normalized spacial score (nSPS) is 11.7. The molecule has 7 heteroatoms. The third-order valence-corrected chi connectivity index (χ3v) is 7.51. The molecule has 0 atom stereocenters. The predicted molar refractivity (Wildman–Crippen MR) is 128 cm³/mol. The highest BCUT2D eigenvalue weighted by atomic mass is 32.2. The van der Waals surface area contributed by atoms with Crippen molar-refractivity contribution >= 4 is 26.6 Å². The number of ether oxygens (including phenoxy) is 1. The van der Waals surface area contributed by atoms with Crippen molar-refractivity contribution in [3.05, 3.63) is 77.0 Å². The van der Waals surface area contributed by atoms with Crippen molar-refractivity contribution in [2.45, 2.75) is 32.6 Å². The van der Waals surface area contributed by atoms with Crippen LogP contribution in [0.25, 0.3) is 16.6 Å². The van der Waals surface area contributed by atoms with Crippen LogP contribution in [0, 0.1) is 27.7 Å². The second-order valence-corrected chi connectivity index (χ2v) is 9.57. The van der Waals surface area contributed by atoms with Crippen molar-refractivity contribution < 1.29 is 18.3 Å². The Morgan fingerprint density at radius 2 is 1.56 bits per heavy atom. The molecule has 0 amide bonds. The number of phenolic OH excluding ortho intramolecular Hbond substituents is 1. The minimum Gasteiger partial charge on any atom is -0.505 e. The molecular weight excluding hydrogens is 424 g/mol. The summed E-state index contributed by atoms with van der Waals surface area (Å²) in [6, 6.07) is 15.9. The average molecular weight is 451 g/mol. The molecule has 166 valence electrons. The molecule has 4 rings (SSSR count). The van der Waals surface area contributed by atoms with Crippen LogP contribution in [0.4, 0.5) is 5.69 Å². The molecule has 0 fully saturated rings. The first kappa shape index (κ1) is 21.8. The summed E-state index contributed by atoms with van der Waals surface area (Å²) in [5.74, 6) is 0.701. The van der Waals surface area contributed by atoms with Crippen LogP contribution in [0.3, 0.4) is 0 Å². The van der Waals surface area contributed by atoms with Gasteiger partial charge >= 0.3 is 0 Å². The van der Waals surface area contributed by atoms with Gasteiger partial charge in [0.05, 0.1) is 28.9 Å². The lowest BCUT2D eigenvalue weighted by atomic mass is 10.1. The topological polar surface area (TPSA) is 80.6 Å². The fraction of sp³-hybridized carbons (Fsp3) is 0.200. The molecule has 1 heterocycles. The SMILES string of the molecule is COc1ccc(S(=O)(=O)Nc2cc(-n3c(C)c(C)c4ccccc43)c(O)c(C)c2C)cc1. The lowest BCUT2D eigenvalue weighted by Crippen LogP contribution is -2.15. The van der Waals surface area contributed by atoms with Gasteiger partial charge in [-0.2, -0.15) is 0 Å². The maximum absolute atomic E-state index is 13.1. The Kier molecular flexibility index (Phi) is 5.38. The number of nitrogens with zero attached hydrogens (tertiary/aromatic N) is 1. The maximum atomic E-state index is 13.1. The summed E-state index contributed by atoms with van der Waals surface area (Å²) in [6.45, 7) is 7.61. The quantitative estimate of drug-likeness (QED) is 0.400. The van der Waals surface area contributed by atoms with Gasteiger partial charge in [-0.1, -0.05) is 18.2 Å². The Hall–Kier alpha value is -3.45. The Balaban J connectivity index is 1.87. The number of nitrogens with one attached hydrogen (secondary N) is 1. The van der Waals surface area contributed by atoms with Crippen molar-refractivity contribution in [1.29, 1.82) is 0 Å². The molecule has 1 aromatic heterocycles. The van der Waals surface area contributed by atoms with Gasteiger partial charge in [-0.25, -0.2) is 8.42 Å². The zero-order chi connectivity index (χ0) is 23.2. The molecule has 6 nitrogen and oxygen atoms in total. The standard InChI is InChI=1S/C25H26N2O4S/c1-15-16(2)25(28)24(27-18(4)17(3)21-8-6-7-9-23(21)27)14-22(15)26-32(29,30)20-12-10-19(31-5)11-13-20/h6-14,26,28H,1-5H3. The van der Waals surface area contributed by atoms with Crippen molar-refractivity contribution in [3.63, 3.8) is 0 Å². The van der Waals surface area contributed by atoms with E-state index in [1.54, 1.807) is 32.0 Å². The van der Waals surface area contributed by atoms with Gasteiger partial charge in [-0.05, 0) is 80.8 Å². The van der Waals surface area contributed by atoms with Gasteiger partial charge in [0.1, 0.15) is 11.5 Å². The number of aryl methyl sites for hydroxylation is 1. The number of para-hydroxylation sites is 1. The van der Waals surface area contributed by atoms with E-state index in [1.807, 2.05) is 42.7 Å². The van der Waals surface area contributed by atoms with Crippen LogP contribution in [-0.2, 0) is 10.0 Å². The lowest BCUT2D eigenvalue weighted by Gasteiger charge is -2.19. The molecule has 0 radical (unpaired) electrons. The smallest absolute Gasteiger partial charge is 0.261 e. The summed E-state index contributed by atoms with van der Waals surface area (Å²) < 4.78 is 35.9.